The molecule has 0 amide bonds. The summed E-state index contributed by atoms with van der Waals surface area (Å²) >= 11 is 0. The summed E-state index contributed by atoms with van der Waals surface area (Å²) in [6.07, 6.45) is 3.89. The van der Waals surface area contributed by atoms with Crippen LogP contribution in [0.3, 0.4) is 0 Å². The summed E-state index contributed by atoms with van der Waals surface area (Å²) in [5.74, 6) is -0.552. The van der Waals surface area contributed by atoms with Gasteiger partial charge in [0, 0.05) is 39.9 Å². The zero-order valence-electron chi connectivity index (χ0n) is 23.5. The molecule has 6 nitrogen and oxygen atoms in total. The number of ether oxygens (including phenoxy) is 2. The third-order valence-corrected chi connectivity index (χ3v) is 9.09. The van der Waals surface area contributed by atoms with E-state index in [1.165, 1.54) is 0 Å². The maximum Gasteiger partial charge on any atom is 0.185 e. The van der Waals surface area contributed by atoms with Crippen LogP contribution in [0.15, 0.2) is 97.1 Å². The molecular weight excluding hydrogens is 526 g/mol. The zero-order valence-corrected chi connectivity index (χ0v) is 23.5. The highest BCUT2D eigenvalue weighted by atomic mass is 16.5. The third-order valence-electron chi connectivity index (χ3n) is 9.09. The van der Waals surface area contributed by atoms with Crippen LogP contribution in [-0.2, 0) is 0 Å². The van der Waals surface area contributed by atoms with E-state index in [-0.39, 0.29) is 17.3 Å². The first-order valence-electron chi connectivity index (χ1n) is 14.0. The topological polar surface area (TPSA) is 72.9 Å². The van der Waals surface area contributed by atoms with Crippen LogP contribution < -0.4 is 14.4 Å². The number of benzene rings is 4. The van der Waals surface area contributed by atoms with Crippen LogP contribution in [0.2, 0.25) is 0 Å². The van der Waals surface area contributed by atoms with E-state index < -0.39 is 23.4 Å². The van der Waals surface area contributed by atoms with Crippen molar-refractivity contribution in [2.24, 2.45) is 5.41 Å². The van der Waals surface area contributed by atoms with Gasteiger partial charge in [0.1, 0.15) is 23.0 Å². The minimum Gasteiger partial charge on any atom is -0.497 e. The number of rotatable bonds is 5. The fraction of sp³-hybridized carbons (Fsp3) is 0.194. The van der Waals surface area contributed by atoms with Gasteiger partial charge in [0.2, 0.25) is 0 Å². The maximum atomic E-state index is 14.8. The second-order valence-electron chi connectivity index (χ2n) is 11.1. The number of hydrogen-bond acceptors (Lipinski definition) is 6. The number of nitrogens with zero attached hydrogens (tertiary/aromatic N) is 1. The van der Waals surface area contributed by atoms with Gasteiger partial charge in [0.05, 0.1) is 20.3 Å². The fourth-order valence-electron chi connectivity index (χ4n) is 7.22. The van der Waals surface area contributed by atoms with E-state index in [2.05, 4.69) is 0 Å². The number of para-hydroxylation sites is 1. The van der Waals surface area contributed by atoms with Gasteiger partial charge in [0.25, 0.3) is 0 Å². The summed E-state index contributed by atoms with van der Waals surface area (Å²) in [5.41, 5.74) is 3.06. The quantitative estimate of drug-likeness (QED) is 0.212. The molecule has 0 aromatic heterocycles. The smallest absolute Gasteiger partial charge is 0.185 e. The Morgan fingerprint density at radius 1 is 0.810 bits per heavy atom. The van der Waals surface area contributed by atoms with Crippen molar-refractivity contribution in [1.82, 2.24) is 0 Å². The molecule has 1 saturated heterocycles. The molecule has 1 spiro atoms. The van der Waals surface area contributed by atoms with Crippen LogP contribution in [-0.4, -0.2) is 43.7 Å². The average molecular weight is 556 g/mol. The van der Waals surface area contributed by atoms with Crippen molar-refractivity contribution < 1.29 is 23.9 Å². The molecule has 0 N–H and O–H groups in total. The Morgan fingerprint density at radius 2 is 1.48 bits per heavy atom. The lowest BCUT2D eigenvalue weighted by Gasteiger charge is -2.37. The van der Waals surface area contributed by atoms with Crippen LogP contribution in [0.5, 0.6) is 11.5 Å². The average Bonchev–Trinajstić information content (AvgIpc) is 3.46. The first-order valence-corrected chi connectivity index (χ1v) is 14.0. The standard InChI is InChI=1S/C36H29NO5/c1-21-12-14-23(15-13-21)33(38)32-31(27-18-17-24(41-2)20-29(27)42-3)36(34(39)25-9-5-6-10-26(25)35(36)40)30-19-16-22-8-4-7-11-28(22)37(30)32/h4-20,30-32H,1-3H3/t30?,31-,32+/m0/s1. The highest BCUT2D eigenvalue weighted by molar-refractivity contribution is 6.32. The normalized spacial score (nSPS) is 21.2. The monoisotopic (exact) mass is 555 g/mol. The number of methoxy groups -OCH3 is 2. The van der Waals surface area contributed by atoms with E-state index >= 15 is 0 Å². The molecule has 4 aromatic rings. The Hall–Kier alpha value is -4.97. The molecule has 3 atom stereocenters. The summed E-state index contributed by atoms with van der Waals surface area (Å²) in [4.78, 5) is 46.4. The molecular formula is C36H29NO5. The number of ketones is 3. The molecule has 7 rings (SSSR count). The lowest BCUT2D eigenvalue weighted by atomic mass is 9.64. The number of fused-ring (bicyclic) bond motifs is 5. The Kier molecular flexibility index (Phi) is 5.91. The number of aryl methyl sites for hydroxylation is 1. The molecule has 6 heteroatoms. The molecule has 2 heterocycles. The van der Waals surface area contributed by atoms with Crippen molar-refractivity contribution in [2.75, 3.05) is 19.1 Å². The second kappa shape index (κ2) is 9.55. The van der Waals surface area contributed by atoms with Crippen LogP contribution in [0.4, 0.5) is 5.69 Å². The van der Waals surface area contributed by atoms with Crippen molar-refractivity contribution in [3.63, 3.8) is 0 Å². The Labute approximate surface area is 244 Å². The fourth-order valence-corrected chi connectivity index (χ4v) is 7.22. The lowest BCUT2D eigenvalue weighted by Crippen LogP contribution is -2.48. The summed E-state index contributed by atoms with van der Waals surface area (Å²) in [6.45, 7) is 1.97. The summed E-state index contributed by atoms with van der Waals surface area (Å²) in [5, 5.41) is 0. The zero-order chi connectivity index (χ0) is 29.2. The van der Waals surface area contributed by atoms with E-state index in [0.29, 0.717) is 33.8 Å². The van der Waals surface area contributed by atoms with Gasteiger partial charge in [-0.3, -0.25) is 14.4 Å². The number of carbonyl (C=O) groups excluding carboxylic acids is 3. The van der Waals surface area contributed by atoms with Gasteiger partial charge in [-0.15, -0.1) is 0 Å². The van der Waals surface area contributed by atoms with Crippen LogP contribution in [0.1, 0.15) is 53.7 Å². The van der Waals surface area contributed by atoms with E-state index in [9.17, 15) is 14.4 Å². The van der Waals surface area contributed by atoms with Gasteiger partial charge >= 0.3 is 0 Å². The third kappa shape index (κ3) is 3.41. The van der Waals surface area contributed by atoms with E-state index in [1.807, 2.05) is 78.6 Å². The van der Waals surface area contributed by atoms with Crippen molar-refractivity contribution in [2.45, 2.75) is 24.9 Å². The molecule has 1 unspecified atom stereocenters. The molecule has 3 aliphatic rings. The van der Waals surface area contributed by atoms with Gasteiger partial charge in [-0.2, -0.15) is 0 Å². The minimum atomic E-state index is -1.60. The first-order chi connectivity index (χ1) is 20.4. The molecule has 42 heavy (non-hydrogen) atoms. The highest BCUT2D eigenvalue weighted by Crippen LogP contribution is 2.62. The molecule has 208 valence electrons. The number of carbonyl (C=O) groups is 3. The Morgan fingerprint density at radius 3 is 2.14 bits per heavy atom. The molecule has 2 aliphatic heterocycles. The molecule has 1 aliphatic carbocycles. The number of Topliss-reactive ketones (excluding diaryl/α,β-unsaturated/α-hetero) is 3. The first kappa shape index (κ1) is 26.0. The minimum absolute atomic E-state index is 0.165. The largest absolute Gasteiger partial charge is 0.497 e. The predicted molar refractivity (Wildman–Crippen MR) is 161 cm³/mol. The second-order valence-corrected chi connectivity index (χ2v) is 11.1. The van der Waals surface area contributed by atoms with Crippen molar-refractivity contribution >= 4 is 29.1 Å². The van der Waals surface area contributed by atoms with Gasteiger partial charge in [0.15, 0.2) is 17.3 Å². The maximum absolute atomic E-state index is 14.8. The Bertz CT molecular complexity index is 1770. The summed E-state index contributed by atoms with van der Waals surface area (Å²) in [6, 6.07) is 26.0. The summed E-state index contributed by atoms with van der Waals surface area (Å²) in [7, 11) is 3.12. The van der Waals surface area contributed by atoms with Crippen molar-refractivity contribution in [1.29, 1.82) is 0 Å². The SMILES string of the molecule is COc1ccc([C@H]2[C@H](C(=O)c3ccc(C)cc3)N3c4ccccc4C=CC3C23C(=O)c2ccccc2C3=O)c(OC)c1. The van der Waals surface area contributed by atoms with E-state index in [1.54, 1.807) is 50.6 Å². The molecule has 0 bridgehead atoms. The highest BCUT2D eigenvalue weighted by Gasteiger charge is 2.71. The van der Waals surface area contributed by atoms with Crippen LogP contribution >= 0.6 is 0 Å². The summed E-state index contributed by atoms with van der Waals surface area (Å²) < 4.78 is 11.4. The van der Waals surface area contributed by atoms with Gasteiger partial charge in [-0.25, -0.2) is 0 Å². The molecule has 1 fully saturated rings. The Balaban J connectivity index is 1.57. The predicted octanol–water partition coefficient (Wildman–Crippen LogP) is 6.33. The molecule has 0 saturated carbocycles. The van der Waals surface area contributed by atoms with E-state index in [4.69, 9.17) is 9.47 Å². The van der Waals surface area contributed by atoms with Gasteiger partial charge < -0.3 is 14.4 Å². The number of anilines is 1. The van der Waals surface area contributed by atoms with Crippen LogP contribution in [0.25, 0.3) is 6.08 Å². The van der Waals surface area contributed by atoms with Crippen molar-refractivity contribution in [3.8, 4) is 11.5 Å². The van der Waals surface area contributed by atoms with E-state index in [0.717, 1.165) is 16.8 Å². The molecule has 4 aromatic carbocycles. The van der Waals surface area contributed by atoms with Crippen LogP contribution in [0, 0.1) is 12.3 Å². The van der Waals surface area contributed by atoms with Gasteiger partial charge in [-0.1, -0.05) is 90.5 Å². The number of hydrogen-bond donors (Lipinski definition) is 0. The van der Waals surface area contributed by atoms with Crippen molar-refractivity contribution in [3.05, 3.63) is 130 Å². The van der Waals surface area contributed by atoms with Gasteiger partial charge in [-0.05, 0) is 24.6 Å². The molecule has 0 radical (unpaired) electrons. The lowest BCUT2D eigenvalue weighted by molar-refractivity contribution is 0.0665.